The first-order valence-electron chi connectivity index (χ1n) is 9.11. The molecule has 0 atom stereocenters. The van der Waals surface area contributed by atoms with E-state index in [1.54, 1.807) is 23.1 Å². The fourth-order valence-corrected chi connectivity index (χ4v) is 5.83. The van der Waals surface area contributed by atoms with Crippen molar-refractivity contribution < 1.29 is 4.79 Å². The summed E-state index contributed by atoms with van der Waals surface area (Å²) < 4.78 is 0. The highest BCUT2D eigenvalue weighted by Crippen LogP contribution is 2.34. The van der Waals surface area contributed by atoms with Gasteiger partial charge in [-0.2, -0.15) is 0 Å². The highest BCUT2D eigenvalue weighted by atomic mass is 32.2. The number of thioether (sulfide) groups is 1. The minimum Gasteiger partial charge on any atom is -0.342 e. The molecular formula is C18H23N3O2S2. The van der Waals surface area contributed by atoms with Crippen LogP contribution in [0.5, 0.6) is 0 Å². The normalized spacial score (nSPS) is 17.7. The molecule has 0 spiro atoms. The highest BCUT2D eigenvalue weighted by Gasteiger charge is 2.21. The number of carbonyl (C=O) groups is 1. The Hall–Kier alpha value is -1.34. The van der Waals surface area contributed by atoms with Crippen LogP contribution in [0.4, 0.5) is 0 Å². The third-order valence-electron chi connectivity index (χ3n) is 5.05. The number of aryl methyl sites for hydroxylation is 2. The number of aromatic nitrogens is 2. The summed E-state index contributed by atoms with van der Waals surface area (Å²) in [6, 6.07) is 0. The molecule has 0 aromatic carbocycles. The van der Waals surface area contributed by atoms with Gasteiger partial charge in [-0.05, 0) is 37.7 Å². The number of rotatable bonds is 4. The van der Waals surface area contributed by atoms with E-state index in [0.717, 1.165) is 55.4 Å². The van der Waals surface area contributed by atoms with Crippen LogP contribution in [-0.4, -0.2) is 39.6 Å². The SMILES string of the molecule is O=C(CSCc1nc2sc3c(c2c(=O)[nH]1)CCC3)N1CCCCCC1. The van der Waals surface area contributed by atoms with Crippen LogP contribution < -0.4 is 5.56 Å². The van der Waals surface area contributed by atoms with Crippen molar-refractivity contribution in [3.63, 3.8) is 0 Å². The zero-order valence-electron chi connectivity index (χ0n) is 14.3. The molecule has 1 aliphatic heterocycles. The summed E-state index contributed by atoms with van der Waals surface area (Å²) >= 11 is 3.21. The monoisotopic (exact) mass is 377 g/mol. The summed E-state index contributed by atoms with van der Waals surface area (Å²) in [7, 11) is 0. The number of thiophene rings is 1. The fraction of sp³-hybridized carbons (Fsp3) is 0.611. The number of aromatic amines is 1. The van der Waals surface area contributed by atoms with Gasteiger partial charge in [0.15, 0.2) is 0 Å². The van der Waals surface area contributed by atoms with Gasteiger partial charge in [-0.1, -0.05) is 12.8 Å². The Bertz CT molecular complexity index is 835. The van der Waals surface area contributed by atoms with Crippen molar-refractivity contribution in [1.82, 2.24) is 14.9 Å². The molecule has 0 unspecified atom stereocenters. The van der Waals surface area contributed by atoms with Crippen LogP contribution in [0.15, 0.2) is 4.79 Å². The Morgan fingerprint density at radius 1 is 1.16 bits per heavy atom. The second-order valence-electron chi connectivity index (χ2n) is 6.84. The van der Waals surface area contributed by atoms with Crippen molar-refractivity contribution in [1.29, 1.82) is 0 Å². The van der Waals surface area contributed by atoms with E-state index in [1.165, 1.54) is 23.3 Å². The Labute approximate surface area is 155 Å². The molecule has 7 heteroatoms. The highest BCUT2D eigenvalue weighted by molar-refractivity contribution is 7.99. The molecule has 1 amide bonds. The summed E-state index contributed by atoms with van der Waals surface area (Å²) in [6.45, 7) is 1.78. The van der Waals surface area contributed by atoms with E-state index in [9.17, 15) is 9.59 Å². The van der Waals surface area contributed by atoms with Gasteiger partial charge < -0.3 is 9.88 Å². The van der Waals surface area contributed by atoms with Crippen molar-refractivity contribution in [2.24, 2.45) is 0 Å². The molecule has 134 valence electrons. The van der Waals surface area contributed by atoms with Crippen LogP contribution in [0.1, 0.15) is 48.4 Å². The van der Waals surface area contributed by atoms with E-state index in [-0.39, 0.29) is 11.5 Å². The number of hydrogen-bond donors (Lipinski definition) is 1. The number of H-pyrrole nitrogens is 1. The molecule has 2 aromatic rings. The van der Waals surface area contributed by atoms with Gasteiger partial charge in [-0.15, -0.1) is 23.1 Å². The first-order valence-corrected chi connectivity index (χ1v) is 11.1. The molecular weight excluding hydrogens is 354 g/mol. The molecule has 1 aliphatic carbocycles. The molecule has 2 aromatic heterocycles. The first kappa shape index (κ1) is 17.1. The third kappa shape index (κ3) is 3.62. The smallest absolute Gasteiger partial charge is 0.259 e. The molecule has 25 heavy (non-hydrogen) atoms. The first-order chi connectivity index (χ1) is 12.2. The standard InChI is InChI=1S/C18H23N3O2S2/c22-15(21-8-3-1-2-4-9-21)11-24-10-14-19-17(23)16-12-6-5-7-13(12)25-18(16)20-14/h1-11H2,(H,19,20,23). The number of hydrogen-bond acceptors (Lipinski definition) is 5. The van der Waals surface area contributed by atoms with Gasteiger partial charge in [0.1, 0.15) is 10.7 Å². The minimum absolute atomic E-state index is 0.0150. The van der Waals surface area contributed by atoms with Crippen molar-refractivity contribution in [2.45, 2.75) is 50.7 Å². The van der Waals surface area contributed by atoms with Crippen LogP contribution in [0.3, 0.4) is 0 Å². The molecule has 1 N–H and O–H groups in total. The maximum absolute atomic E-state index is 12.4. The van der Waals surface area contributed by atoms with Gasteiger partial charge >= 0.3 is 0 Å². The fourth-order valence-electron chi connectivity index (χ4n) is 3.76. The molecule has 0 saturated carbocycles. The predicted molar refractivity (Wildman–Crippen MR) is 103 cm³/mol. The van der Waals surface area contributed by atoms with Gasteiger partial charge in [-0.3, -0.25) is 9.59 Å². The van der Waals surface area contributed by atoms with E-state index in [0.29, 0.717) is 17.3 Å². The molecule has 1 saturated heterocycles. The van der Waals surface area contributed by atoms with E-state index < -0.39 is 0 Å². The molecule has 5 nitrogen and oxygen atoms in total. The average molecular weight is 378 g/mol. The maximum Gasteiger partial charge on any atom is 0.259 e. The number of likely N-dealkylation sites (tertiary alicyclic amines) is 1. The van der Waals surface area contributed by atoms with Crippen LogP contribution in [-0.2, 0) is 23.4 Å². The Balaban J connectivity index is 1.40. The summed E-state index contributed by atoms with van der Waals surface area (Å²) in [4.78, 5) is 36.5. The lowest BCUT2D eigenvalue weighted by Crippen LogP contribution is -2.33. The summed E-state index contributed by atoms with van der Waals surface area (Å²) in [5.41, 5.74) is 1.20. The van der Waals surface area contributed by atoms with E-state index in [1.807, 2.05) is 4.90 Å². The molecule has 0 bridgehead atoms. The van der Waals surface area contributed by atoms with Crippen LogP contribution in [0.2, 0.25) is 0 Å². The molecule has 0 radical (unpaired) electrons. The molecule has 2 aliphatic rings. The van der Waals surface area contributed by atoms with Crippen LogP contribution in [0, 0.1) is 0 Å². The lowest BCUT2D eigenvalue weighted by Gasteiger charge is -2.19. The summed E-state index contributed by atoms with van der Waals surface area (Å²) in [5, 5.41) is 0.798. The Morgan fingerprint density at radius 2 is 1.96 bits per heavy atom. The Kier molecular flexibility index (Phi) is 5.12. The predicted octanol–water partition coefficient (Wildman–Crippen LogP) is 3.11. The van der Waals surface area contributed by atoms with Crippen molar-refractivity contribution >= 4 is 39.2 Å². The topological polar surface area (TPSA) is 66.1 Å². The lowest BCUT2D eigenvalue weighted by molar-refractivity contribution is -0.128. The number of carbonyl (C=O) groups excluding carboxylic acids is 1. The molecule has 4 rings (SSSR count). The largest absolute Gasteiger partial charge is 0.342 e. The van der Waals surface area contributed by atoms with Crippen molar-refractivity contribution in [2.75, 3.05) is 18.8 Å². The van der Waals surface area contributed by atoms with Crippen molar-refractivity contribution in [3.8, 4) is 0 Å². The average Bonchev–Trinajstić information content (AvgIpc) is 3.04. The number of amides is 1. The van der Waals surface area contributed by atoms with Gasteiger partial charge in [-0.25, -0.2) is 4.98 Å². The lowest BCUT2D eigenvalue weighted by atomic mass is 10.2. The number of fused-ring (bicyclic) bond motifs is 3. The maximum atomic E-state index is 12.4. The molecule has 1 fully saturated rings. The number of nitrogens with one attached hydrogen (secondary N) is 1. The van der Waals surface area contributed by atoms with E-state index in [2.05, 4.69) is 9.97 Å². The second-order valence-corrected chi connectivity index (χ2v) is 8.91. The summed E-state index contributed by atoms with van der Waals surface area (Å²) in [5.74, 6) is 1.94. The Morgan fingerprint density at radius 3 is 2.76 bits per heavy atom. The number of nitrogens with zero attached hydrogens (tertiary/aromatic N) is 2. The van der Waals surface area contributed by atoms with Gasteiger partial charge in [0.05, 0.1) is 16.9 Å². The minimum atomic E-state index is -0.0150. The van der Waals surface area contributed by atoms with E-state index in [4.69, 9.17) is 0 Å². The zero-order valence-corrected chi connectivity index (χ0v) is 15.9. The van der Waals surface area contributed by atoms with Gasteiger partial charge in [0, 0.05) is 18.0 Å². The van der Waals surface area contributed by atoms with Gasteiger partial charge in [0.2, 0.25) is 5.91 Å². The second kappa shape index (κ2) is 7.50. The summed E-state index contributed by atoms with van der Waals surface area (Å²) in [6.07, 6.45) is 7.91. The van der Waals surface area contributed by atoms with Gasteiger partial charge in [0.25, 0.3) is 5.56 Å². The quantitative estimate of drug-likeness (QED) is 0.889. The third-order valence-corrected chi connectivity index (χ3v) is 7.16. The zero-order chi connectivity index (χ0) is 17.2. The van der Waals surface area contributed by atoms with Crippen molar-refractivity contribution in [3.05, 3.63) is 26.6 Å². The van der Waals surface area contributed by atoms with Crippen LogP contribution >= 0.6 is 23.1 Å². The van der Waals surface area contributed by atoms with E-state index >= 15 is 0 Å². The van der Waals surface area contributed by atoms with Crippen LogP contribution in [0.25, 0.3) is 10.2 Å². The molecule has 3 heterocycles.